The fourth-order valence-electron chi connectivity index (χ4n) is 4.44. The van der Waals surface area contributed by atoms with Gasteiger partial charge in [0, 0.05) is 12.6 Å². The van der Waals surface area contributed by atoms with Crippen LogP contribution < -0.4 is 5.32 Å². The van der Waals surface area contributed by atoms with Crippen LogP contribution in [-0.2, 0) is 9.59 Å². The van der Waals surface area contributed by atoms with Crippen LogP contribution in [-0.4, -0.2) is 23.3 Å². The molecule has 0 bridgehead atoms. The SMILES string of the molecule is O=C1C=C(N2CCCCC2c2cccc3cc4ccccc4cc23)C(=O)N1. The molecule has 1 saturated heterocycles. The van der Waals surface area contributed by atoms with Crippen molar-refractivity contribution in [2.75, 3.05) is 6.54 Å². The Morgan fingerprint density at radius 2 is 1.67 bits per heavy atom. The van der Waals surface area contributed by atoms with E-state index < -0.39 is 0 Å². The van der Waals surface area contributed by atoms with Crippen LogP contribution >= 0.6 is 0 Å². The lowest BCUT2D eigenvalue weighted by Gasteiger charge is -2.38. The zero-order valence-corrected chi connectivity index (χ0v) is 14.9. The number of amides is 2. The summed E-state index contributed by atoms with van der Waals surface area (Å²) in [5, 5.41) is 7.26. The standard InChI is InChI=1S/C23H20N2O2/c26-22-14-21(23(27)24-22)25-11-4-3-10-20(25)18-9-5-8-17-12-15-6-1-2-7-16(15)13-19(17)18/h1-2,5-9,12-14,20H,3-4,10-11H2,(H,24,26,27). The third kappa shape index (κ3) is 2.69. The first-order chi connectivity index (χ1) is 13.2. The van der Waals surface area contributed by atoms with E-state index in [0.717, 1.165) is 25.8 Å². The fourth-order valence-corrected chi connectivity index (χ4v) is 4.44. The lowest BCUT2D eigenvalue weighted by molar-refractivity contribution is -0.124. The monoisotopic (exact) mass is 356 g/mol. The Labute approximate surface area is 157 Å². The van der Waals surface area contributed by atoms with Gasteiger partial charge in [-0.15, -0.1) is 0 Å². The minimum atomic E-state index is -0.316. The molecule has 2 amide bonds. The zero-order chi connectivity index (χ0) is 18.4. The molecule has 27 heavy (non-hydrogen) atoms. The van der Waals surface area contributed by atoms with E-state index in [0.29, 0.717) is 5.70 Å². The first-order valence-electron chi connectivity index (χ1n) is 9.46. The summed E-state index contributed by atoms with van der Waals surface area (Å²) in [5.41, 5.74) is 1.73. The van der Waals surface area contributed by atoms with Crippen LogP contribution in [0, 0.1) is 0 Å². The number of carbonyl (C=O) groups is 2. The van der Waals surface area contributed by atoms with E-state index in [1.807, 2.05) is 0 Å². The smallest absolute Gasteiger partial charge is 0.274 e. The predicted octanol–water partition coefficient (Wildman–Crippen LogP) is 4.06. The lowest BCUT2D eigenvalue weighted by Crippen LogP contribution is -2.37. The molecule has 4 heteroatoms. The molecule has 2 aliphatic heterocycles. The second-order valence-electron chi connectivity index (χ2n) is 7.32. The number of hydrogen-bond acceptors (Lipinski definition) is 3. The van der Waals surface area contributed by atoms with Crippen molar-refractivity contribution < 1.29 is 9.59 Å². The number of fused-ring (bicyclic) bond motifs is 2. The molecule has 0 saturated carbocycles. The van der Waals surface area contributed by atoms with E-state index in [9.17, 15) is 9.59 Å². The average molecular weight is 356 g/mol. The summed E-state index contributed by atoms with van der Waals surface area (Å²) in [6.07, 6.45) is 4.57. The fraction of sp³-hybridized carbons (Fsp3) is 0.217. The summed E-state index contributed by atoms with van der Waals surface area (Å²) in [6.45, 7) is 0.793. The van der Waals surface area contributed by atoms with Crippen molar-refractivity contribution in [1.29, 1.82) is 0 Å². The van der Waals surface area contributed by atoms with Gasteiger partial charge in [-0.1, -0.05) is 42.5 Å². The molecule has 3 aromatic carbocycles. The van der Waals surface area contributed by atoms with E-state index in [1.165, 1.54) is 33.2 Å². The highest BCUT2D eigenvalue weighted by Crippen LogP contribution is 2.38. The van der Waals surface area contributed by atoms with Gasteiger partial charge in [0.2, 0.25) is 0 Å². The van der Waals surface area contributed by atoms with Gasteiger partial charge in [-0.3, -0.25) is 14.9 Å². The van der Waals surface area contributed by atoms with Crippen LogP contribution in [0.3, 0.4) is 0 Å². The first kappa shape index (κ1) is 16.1. The molecule has 2 aliphatic rings. The van der Waals surface area contributed by atoms with Gasteiger partial charge in [0.05, 0.1) is 6.04 Å². The molecule has 4 nitrogen and oxygen atoms in total. The molecule has 1 fully saturated rings. The molecule has 1 N–H and O–H groups in total. The van der Waals surface area contributed by atoms with Gasteiger partial charge >= 0.3 is 0 Å². The summed E-state index contributed by atoms with van der Waals surface area (Å²) < 4.78 is 0. The van der Waals surface area contributed by atoms with E-state index in [1.54, 1.807) is 0 Å². The first-order valence-corrected chi connectivity index (χ1v) is 9.46. The molecule has 0 aliphatic carbocycles. The molecule has 0 radical (unpaired) electrons. The van der Waals surface area contributed by atoms with E-state index in [2.05, 4.69) is 64.8 Å². The topological polar surface area (TPSA) is 49.4 Å². The van der Waals surface area contributed by atoms with Crippen molar-refractivity contribution in [3.63, 3.8) is 0 Å². The van der Waals surface area contributed by atoms with Crippen LogP contribution in [0.15, 0.2) is 66.4 Å². The van der Waals surface area contributed by atoms with Gasteiger partial charge in [0.15, 0.2) is 0 Å². The van der Waals surface area contributed by atoms with Gasteiger partial charge in [0.1, 0.15) is 5.70 Å². The summed E-state index contributed by atoms with van der Waals surface area (Å²) in [4.78, 5) is 26.0. The van der Waals surface area contributed by atoms with Gasteiger partial charge in [0.25, 0.3) is 11.8 Å². The maximum atomic E-state index is 12.3. The van der Waals surface area contributed by atoms with Crippen LogP contribution in [0.5, 0.6) is 0 Å². The Bertz CT molecular complexity index is 1120. The van der Waals surface area contributed by atoms with E-state index in [-0.39, 0.29) is 17.9 Å². The van der Waals surface area contributed by atoms with Crippen LogP contribution in [0.4, 0.5) is 0 Å². The second-order valence-corrected chi connectivity index (χ2v) is 7.32. The van der Waals surface area contributed by atoms with Crippen molar-refractivity contribution in [3.8, 4) is 0 Å². The molecule has 134 valence electrons. The number of piperidine rings is 1. The highest BCUT2D eigenvalue weighted by molar-refractivity contribution is 6.16. The van der Waals surface area contributed by atoms with Gasteiger partial charge in [-0.25, -0.2) is 0 Å². The molecular weight excluding hydrogens is 336 g/mol. The number of nitrogens with zero attached hydrogens (tertiary/aromatic N) is 1. The predicted molar refractivity (Wildman–Crippen MR) is 106 cm³/mol. The number of nitrogens with one attached hydrogen (secondary N) is 1. The van der Waals surface area contributed by atoms with E-state index in [4.69, 9.17) is 0 Å². The maximum absolute atomic E-state index is 12.3. The highest BCUT2D eigenvalue weighted by atomic mass is 16.2. The largest absolute Gasteiger partial charge is 0.360 e. The minimum absolute atomic E-state index is 0.103. The minimum Gasteiger partial charge on any atom is -0.360 e. The Kier molecular flexibility index (Phi) is 3.71. The molecule has 1 unspecified atom stereocenters. The van der Waals surface area contributed by atoms with E-state index >= 15 is 0 Å². The molecule has 5 rings (SSSR count). The zero-order valence-electron chi connectivity index (χ0n) is 14.9. The normalized spacial score (nSPS) is 20.2. The quantitative estimate of drug-likeness (QED) is 0.556. The van der Waals surface area contributed by atoms with Crippen LogP contribution in [0.2, 0.25) is 0 Å². The number of hydrogen-bond donors (Lipinski definition) is 1. The Balaban J connectivity index is 1.66. The van der Waals surface area contributed by atoms with Crippen molar-refractivity contribution in [2.45, 2.75) is 25.3 Å². The third-order valence-corrected chi connectivity index (χ3v) is 5.69. The Hall–Kier alpha value is -3.14. The number of imide groups is 1. The number of rotatable bonds is 2. The summed E-state index contributed by atoms with van der Waals surface area (Å²) in [6, 6.07) is 19.4. The van der Waals surface area contributed by atoms with Crippen molar-refractivity contribution in [1.82, 2.24) is 10.2 Å². The molecular formula is C23H20N2O2. The summed E-state index contributed by atoms with van der Waals surface area (Å²) >= 11 is 0. The average Bonchev–Trinajstić information content (AvgIpc) is 3.04. The van der Waals surface area contributed by atoms with Crippen LogP contribution in [0.1, 0.15) is 30.9 Å². The van der Waals surface area contributed by atoms with Gasteiger partial charge in [-0.2, -0.15) is 0 Å². The van der Waals surface area contributed by atoms with Crippen LogP contribution in [0.25, 0.3) is 21.5 Å². The Morgan fingerprint density at radius 3 is 2.44 bits per heavy atom. The van der Waals surface area contributed by atoms with Crippen molar-refractivity contribution >= 4 is 33.4 Å². The molecule has 2 heterocycles. The van der Waals surface area contributed by atoms with Crippen molar-refractivity contribution in [2.24, 2.45) is 0 Å². The number of likely N-dealkylation sites (tertiary alicyclic amines) is 1. The molecule has 0 aromatic heterocycles. The second kappa shape index (κ2) is 6.23. The lowest BCUT2D eigenvalue weighted by atomic mass is 9.90. The van der Waals surface area contributed by atoms with Gasteiger partial charge in [-0.05, 0) is 58.5 Å². The highest BCUT2D eigenvalue weighted by Gasteiger charge is 2.33. The van der Waals surface area contributed by atoms with Gasteiger partial charge < -0.3 is 4.90 Å². The molecule has 0 spiro atoms. The maximum Gasteiger partial charge on any atom is 0.274 e. The summed E-state index contributed by atoms with van der Waals surface area (Å²) in [7, 11) is 0. The molecule has 3 aromatic rings. The summed E-state index contributed by atoms with van der Waals surface area (Å²) in [5.74, 6) is -0.596. The molecule has 1 atom stereocenters. The van der Waals surface area contributed by atoms with Crippen molar-refractivity contribution in [3.05, 3.63) is 71.9 Å². The number of carbonyl (C=O) groups excluding carboxylic acids is 2. The third-order valence-electron chi connectivity index (χ3n) is 5.69. The Morgan fingerprint density at radius 1 is 0.889 bits per heavy atom. The number of benzene rings is 3.